The number of hydrazine groups is 1. The maximum absolute atomic E-state index is 12.9. The molecule has 0 fully saturated rings. The molecule has 2 aromatic carbocycles. The van der Waals surface area contributed by atoms with Crippen molar-refractivity contribution in [3.05, 3.63) is 64.7 Å². The van der Waals surface area contributed by atoms with Crippen molar-refractivity contribution in [2.24, 2.45) is 0 Å². The van der Waals surface area contributed by atoms with Crippen LogP contribution in [0.15, 0.2) is 42.5 Å². The van der Waals surface area contributed by atoms with E-state index in [1.54, 1.807) is 0 Å². The summed E-state index contributed by atoms with van der Waals surface area (Å²) < 4.78 is 30.7. The van der Waals surface area contributed by atoms with Crippen LogP contribution in [0.2, 0.25) is 5.02 Å². The van der Waals surface area contributed by atoms with Gasteiger partial charge in [0.25, 0.3) is 11.8 Å². The predicted octanol–water partition coefficient (Wildman–Crippen LogP) is 2.46. The van der Waals surface area contributed by atoms with Gasteiger partial charge >= 0.3 is 0 Å². The number of hydrogen-bond donors (Lipinski definition) is 2. The molecule has 0 saturated carbocycles. The Morgan fingerprint density at radius 1 is 1.00 bits per heavy atom. The molecular weight excluding hydrogens is 330 g/mol. The number of ether oxygens (including phenoxy) is 1. The van der Waals surface area contributed by atoms with E-state index in [2.05, 4.69) is 10.9 Å². The zero-order valence-corrected chi connectivity index (χ0v) is 12.4. The van der Waals surface area contributed by atoms with Crippen molar-refractivity contribution in [3.63, 3.8) is 0 Å². The van der Waals surface area contributed by atoms with E-state index in [9.17, 15) is 18.4 Å². The third kappa shape index (κ3) is 4.93. The average molecular weight is 341 g/mol. The van der Waals surface area contributed by atoms with E-state index in [4.69, 9.17) is 16.3 Å². The van der Waals surface area contributed by atoms with E-state index in [1.165, 1.54) is 18.2 Å². The van der Waals surface area contributed by atoms with Gasteiger partial charge in [-0.25, -0.2) is 8.78 Å². The molecule has 0 unspecified atom stereocenters. The summed E-state index contributed by atoms with van der Waals surface area (Å²) in [5, 5.41) is 0.0214. The third-order valence-corrected chi connectivity index (χ3v) is 2.97. The molecule has 2 amide bonds. The molecule has 5 nitrogen and oxygen atoms in total. The highest BCUT2D eigenvalue weighted by atomic mass is 35.5. The van der Waals surface area contributed by atoms with Gasteiger partial charge in [0.2, 0.25) is 0 Å². The number of rotatable bonds is 4. The summed E-state index contributed by atoms with van der Waals surface area (Å²) in [4.78, 5) is 23.2. The Balaban J connectivity index is 1.81. The average Bonchev–Trinajstić information content (AvgIpc) is 2.52. The Hall–Kier alpha value is -2.67. The molecule has 0 aliphatic carbocycles. The minimum absolute atomic E-state index is 0.0214. The van der Waals surface area contributed by atoms with E-state index >= 15 is 0 Å². The van der Waals surface area contributed by atoms with Gasteiger partial charge in [0.05, 0.1) is 5.02 Å². The summed E-state index contributed by atoms with van der Waals surface area (Å²) in [5.74, 6) is -2.14. The fourth-order valence-electron chi connectivity index (χ4n) is 1.57. The summed E-state index contributed by atoms with van der Waals surface area (Å²) in [6, 6.07) is 8.24. The number of hydrogen-bond acceptors (Lipinski definition) is 3. The van der Waals surface area contributed by atoms with Gasteiger partial charge in [0, 0.05) is 5.56 Å². The smallest absolute Gasteiger partial charge is 0.276 e. The second-order valence-corrected chi connectivity index (χ2v) is 4.78. The quantitative estimate of drug-likeness (QED) is 0.840. The molecule has 0 saturated heterocycles. The minimum Gasteiger partial charge on any atom is -0.482 e. The van der Waals surface area contributed by atoms with E-state index in [-0.39, 0.29) is 16.3 Å². The number of carbonyl (C=O) groups is 2. The van der Waals surface area contributed by atoms with Crippen LogP contribution < -0.4 is 15.6 Å². The lowest BCUT2D eigenvalue weighted by Gasteiger charge is -2.09. The molecule has 2 N–H and O–H groups in total. The fourth-order valence-corrected chi connectivity index (χ4v) is 1.79. The summed E-state index contributed by atoms with van der Waals surface area (Å²) in [6.07, 6.45) is 0. The van der Waals surface area contributed by atoms with Gasteiger partial charge in [-0.2, -0.15) is 0 Å². The zero-order valence-electron chi connectivity index (χ0n) is 11.6. The second-order valence-electron chi connectivity index (χ2n) is 4.37. The number of nitrogens with one attached hydrogen (secondary N) is 2. The van der Waals surface area contributed by atoms with E-state index in [1.807, 2.05) is 0 Å². The molecule has 0 aliphatic heterocycles. The van der Waals surface area contributed by atoms with E-state index in [0.717, 1.165) is 24.3 Å². The Morgan fingerprint density at radius 2 is 1.65 bits per heavy atom. The maximum Gasteiger partial charge on any atom is 0.276 e. The standard InChI is InChI=1S/C15H11ClF2N2O3/c16-12-7-11(18)5-6-13(12)23-8-14(21)19-20-15(22)9-1-3-10(17)4-2-9/h1-7H,8H2,(H,19,21)(H,20,22). The summed E-state index contributed by atoms with van der Waals surface area (Å²) in [5.41, 5.74) is 4.44. The van der Waals surface area contributed by atoms with Crippen LogP contribution in [-0.4, -0.2) is 18.4 Å². The Morgan fingerprint density at radius 3 is 2.30 bits per heavy atom. The predicted molar refractivity (Wildman–Crippen MR) is 78.9 cm³/mol. The molecule has 23 heavy (non-hydrogen) atoms. The van der Waals surface area contributed by atoms with Crippen LogP contribution in [0.5, 0.6) is 5.75 Å². The third-order valence-electron chi connectivity index (χ3n) is 2.67. The minimum atomic E-state index is -0.652. The SMILES string of the molecule is O=C(COc1ccc(F)cc1Cl)NNC(=O)c1ccc(F)cc1. The van der Waals surface area contributed by atoms with Crippen molar-refractivity contribution in [1.82, 2.24) is 10.9 Å². The van der Waals surface area contributed by atoms with Gasteiger partial charge in [0.1, 0.15) is 17.4 Å². The van der Waals surface area contributed by atoms with Crippen molar-refractivity contribution in [2.45, 2.75) is 0 Å². The highest BCUT2D eigenvalue weighted by Gasteiger charge is 2.09. The molecule has 8 heteroatoms. The van der Waals surface area contributed by atoms with Crippen molar-refractivity contribution in [2.75, 3.05) is 6.61 Å². The first kappa shape index (κ1) is 16.7. The van der Waals surface area contributed by atoms with Crippen molar-refractivity contribution < 1.29 is 23.1 Å². The number of carbonyl (C=O) groups excluding carboxylic acids is 2. The van der Waals surface area contributed by atoms with Gasteiger partial charge in [-0.3, -0.25) is 20.4 Å². The first-order chi connectivity index (χ1) is 11.0. The lowest BCUT2D eigenvalue weighted by atomic mass is 10.2. The number of amides is 2. The summed E-state index contributed by atoms with van der Waals surface area (Å²) >= 11 is 5.74. The molecular formula is C15H11ClF2N2O3. The fraction of sp³-hybridized carbons (Fsp3) is 0.0667. The monoisotopic (exact) mass is 340 g/mol. The maximum atomic E-state index is 12.9. The largest absolute Gasteiger partial charge is 0.482 e. The number of benzene rings is 2. The van der Waals surface area contributed by atoms with Gasteiger partial charge in [-0.1, -0.05) is 11.6 Å². The molecule has 0 aromatic heterocycles. The van der Waals surface area contributed by atoms with Crippen molar-refractivity contribution in [3.8, 4) is 5.75 Å². The topological polar surface area (TPSA) is 67.4 Å². The molecule has 0 aliphatic rings. The van der Waals surface area contributed by atoms with Gasteiger partial charge in [-0.15, -0.1) is 0 Å². The molecule has 0 spiro atoms. The van der Waals surface area contributed by atoms with Crippen LogP contribution in [0.25, 0.3) is 0 Å². The first-order valence-corrected chi connectivity index (χ1v) is 6.76. The van der Waals surface area contributed by atoms with Crippen LogP contribution >= 0.6 is 11.6 Å². The van der Waals surface area contributed by atoms with Crippen LogP contribution in [0.3, 0.4) is 0 Å². The van der Waals surface area contributed by atoms with Gasteiger partial charge in [0.15, 0.2) is 6.61 Å². The highest BCUT2D eigenvalue weighted by Crippen LogP contribution is 2.24. The molecule has 0 atom stereocenters. The number of halogens is 3. The Bertz CT molecular complexity index is 723. The van der Waals surface area contributed by atoms with Gasteiger partial charge < -0.3 is 4.74 Å². The molecule has 2 aromatic rings. The molecule has 0 heterocycles. The molecule has 0 bridgehead atoms. The first-order valence-electron chi connectivity index (χ1n) is 6.38. The van der Waals surface area contributed by atoms with E-state index < -0.39 is 30.1 Å². The Labute approximate surface area is 135 Å². The van der Waals surface area contributed by atoms with Crippen molar-refractivity contribution in [1.29, 1.82) is 0 Å². The van der Waals surface area contributed by atoms with Crippen LogP contribution in [0.1, 0.15) is 10.4 Å². The lowest BCUT2D eigenvalue weighted by molar-refractivity contribution is -0.123. The highest BCUT2D eigenvalue weighted by molar-refractivity contribution is 6.32. The van der Waals surface area contributed by atoms with Crippen LogP contribution in [0.4, 0.5) is 8.78 Å². The van der Waals surface area contributed by atoms with Crippen molar-refractivity contribution >= 4 is 23.4 Å². The Kier molecular flexibility index (Phi) is 5.48. The zero-order chi connectivity index (χ0) is 16.8. The molecule has 0 radical (unpaired) electrons. The molecule has 2 rings (SSSR count). The van der Waals surface area contributed by atoms with Crippen LogP contribution in [-0.2, 0) is 4.79 Å². The lowest BCUT2D eigenvalue weighted by Crippen LogP contribution is -2.43. The summed E-state index contributed by atoms with van der Waals surface area (Å²) in [6.45, 7) is -0.435. The molecule has 120 valence electrons. The second kappa shape index (κ2) is 7.55. The van der Waals surface area contributed by atoms with Gasteiger partial charge in [-0.05, 0) is 42.5 Å². The summed E-state index contributed by atoms with van der Waals surface area (Å²) in [7, 11) is 0. The normalized spacial score (nSPS) is 10.0. The van der Waals surface area contributed by atoms with E-state index in [0.29, 0.717) is 0 Å². The van der Waals surface area contributed by atoms with Crippen LogP contribution in [0, 0.1) is 11.6 Å².